The van der Waals surface area contributed by atoms with Gasteiger partial charge >= 0.3 is 6.18 Å². The third-order valence-corrected chi connectivity index (χ3v) is 5.49. The summed E-state index contributed by atoms with van der Waals surface area (Å²) in [5, 5.41) is 0. The van der Waals surface area contributed by atoms with Crippen LogP contribution in [0.25, 0.3) is 0 Å². The summed E-state index contributed by atoms with van der Waals surface area (Å²) < 4.78 is 61.4. The number of ether oxygens (including phenoxy) is 4. The topological polar surface area (TPSA) is 36.9 Å². The number of rotatable bonds is 5. The first kappa shape index (κ1) is 20.1. The van der Waals surface area contributed by atoms with E-state index in [2.05, 4.69) is 6.92 Å². The van der Waals surface area contributed by atoms with Gasteiger partial charge in [-0.15, -0.1) is 0 Å². The molecule has 3 aliphatic rings. The molecule has 1 unspecified atom stereocenters. The maximum Gasteiger partial charge on any atom is 0.412 e. The number of hydrogen-bond acceptors (Lipinski definition) is 4. The van der Waals surface area contributed by atoms with Crippen molar-refractivity contribution in [2.45, 2.75) is 64.2 Å². The molecule has 0 saturated carbocycles. The van der Waals surface area contributed by atoms with E-state index < -0.39 is 18.0 Å². The molecule has 1 aliphatic carbocycles. The summed E-state index contributed by atoms with van der Waals surface area (Å²) in [6.45, 7) is 4.51. The highest BCUT2D eigenvalue weighted by atomic mass is 19.4. The Kier molecular flexibility index (Phi) is 6.99. The molecule has 0 bridgehead atoms. The van der Waals surface area contributed by atoms with E-state index in [0.29, 0.717) is 45.2 Å². The van der Waals surface area contributed by atoms with Gasteiger partial charge in [0.15, 0.2) is 12.6 Å². The van der Waals surface area contributed by atoms with Gasteiger partial charge in [0.25, 0.3) is 0 Å². The molecular formula is C19H29F3O4. The fraction of sp³-hybridized carbons (Fsp3) is 0.895. The highest BCUT2D eigenvalue weighted by molar-refractivity contribution is 5.12. The van der Waals surface area contributed by atoms with Gasteiger partial charge in [-0.25, -0.2) is 0 Å². The van der Waals surface area contributed by atoms with Crippen LogP contribution in [0.3, 0.4) is 0 Å². The average Bonchev–Trinajstić information content (AvgIpc) is 2.66. The van der Waals surface area contributed by atoms with Gasteiger partial charge in [-0.3, -0.25) is 0 Å². The lowest BCUT2D eigenvalue weighted by molar-refractivity contribution is -0.290. The molecule has 0 aromatic heterocycles. The molecule has 0 amide bonds. The zero-order valence-corrected chi connectivity index (χ0v) is 15.3. The lowest BCUT2D eigenvalue weighted by Crippen LogP contribution is -2.46. The van der Waals surface area contributed by atoms with Crippen molar-refractivity contribution in [3.63, 3.8) is 0 Å². The number of unbranched alkanes of at least 4 members (excludes halogenated alkanes) is 1. The number of halogens is 3. The van der Waals surface area contributed by atoms with E-state index in [-0.39, 0.29) is 24.5 Å². The predicted octanol–water partition coefficient (Wildman–Crippen LogP) is 4.44. The van der Waals surface area contributed by atoms with Gasteiger partial charge in [0.05, 0.1) is 32.3 Å². The van der Waals surface area contributed by atoms with Crippen molar-refractivity contribution in [1.29, 1.82) is 0 Å². The van der Waals surface area contributed by atoms with E-state index in [4.69, 9.17) is 18.9 Å². The minimum atomic E-state index is -4.21. The molecule has 0 aromatic rings. The third kappa shape index (κ3) is 5.21. The zero-order chi connectivity index (χ0) is 18.6. The average molecular weight is 378 g/mol. The predicted molar refractivity (Wildman–Crippen MR) is 89.4 cm³/mol. The monoisotopic (exact) mass is 378 g/mol. The maximum atomic E-state index is 12.7. The molecule has 4 nitrogen and oxygen atoms in total. The molecule has 7 heteroatoms. The molecule has 26 heavy (non-hydrogen) atoms. The van der Waals surface area contributed by atoms with Gasteiger partial charge in [-0.2, -0.15) is 13.2 Å². The maximum absolute atomic E-state index is 12.7. The number of hydrogen-bond donors (Lipinski definition) is 0. The summed E-state index contributed by atoms with van der Waals surface area (Å²) in [6.07, 6.45) is 0.641. The van der Waals surface area contributed by atoms with Crippen molar-refractivity contribution in [2.75, 3.05) is 26.4 Å². The largest absolute Gasteiger partial charge is 0.412 e. The second kappa shape index (κ2) is 9.04. The van der Waals surface area contributed by atoms with Crippen LogP contribution in [0, 0.1) is 17.8 Å². The zero-order valence-electron chi connectivity index (χ0n) is 15.3. The van der Waals surface area contributed by atoms with E-state index in [0.717, 1.165) is 6.42 Å². The molecule has 0 spiro atoms. The Morgan fingerprint density at radius 1 is 0.962 bits per heavy atom. The van der Waals surface area contributed by atoms with Crippen LogP contribution in [0.5, 0.6) is 0 Å². The van der Waals surface area contributed by atoms with Crippen LogP contribution in [-0.2, 0) is 18.9 Å². The fourth-order valence-corrected chi connectivity index (χ4v) is 3.81. The van der Waals surface area contributed by atoms with Crippen molar-refractivity contribution >= 4 is 0 Å². The Morgan fingerprint density at radius 2 is 1.58 bits per heavy atom. The number of alkyl halides is 3. The van der Waals surface area contributed by atoms with Gasteiger partial charge in [-0.1, -0.05) is 25.8 Å². The van der Waals surface area contributed by atoms with E-state index in [1.54, 1.807) is 0 Å². The van der Waals surface area contributed by atoms with Crippen LogP contribution in [0.4, 0.5) is 13.2 Å². The van der Waals surface area contributed by atoms with E-state index >= 15 is 0 Å². The summed E-state index contributed by atoms with van der Waals surface area (Å²) >= 11 is 0. The Balaban J connectivity index is 1.39. The van der Waals surface area contributed by atoms with Crippen LogP contribution in [0.15, 0.2) is 11.6 Å². The minimum Gasteiger partial charge on any atom is -0.352 e. The second-order valence-electron chi connectivity index (χ2n) is 7.60. The van der Waals surface area contributed by atoms with Crippen LogP contribution in [0.2, 0.25) is 0 Å². The lowest BCUT2D eigenvalue weighted by Gasteiger charge is -2.39. The van der Waals surface area contributed by atoms with Crippen LogP contribution >= 0.6 is 0 Å². The normalized spacial score (nSPS) is 36.6. The van der Waals surface area contributed by atoms with E-state index in [1.165, 1.54) is 18.9 Å². The highest BCUT2D eigenvalue weighted by Crippen LogP contribution is 2.38. The fourth-order valence-electron chi connectivity index (χ4n) is 3.81. The van der Waals surface area contributed by atoms with Crippen molar-refractivity contribution in [2.24, 2.45) is 17.8 Å². The van der Waals surface area contributed by atoms with Crippen LogP contribution < -0.4 is 0 Å². The molecule has 0 aromatic carbocycles. The van der Waals surface area contributed by atoms with Gasteiger partial charge in [0.1, 0.15) is 0 Å². The molecule has 0 N–H and O–H groups in total. The summed E-state index contributed by atoms with van der Waals surface area (Å²) in [5.74, 6) is 0.457. The standard InChI is InChI=1S/C19H29F3O4/c1-2-3-4-13-9-23-18(24-10-13)15-11-25-17(26-12-15)14-5-7-16(8-6-14)19(20,21)22/h7,13-15,17-18H,2-6,8-12H2,1H3/t13-,14?,15-,17-,18-. The Bertz CT molecular complexity index is 464. The first-order valence-corrected chi connectivity index (χ1v) is 9.70. The summed E-state index contributed by atoms with van der Waals surface area (Å²) in [7, 11) is 0. The van der Waals surface area contributed by atoms with Crippen molar-refractivity contribution < 1.29 is 32.1 Å². The molecule has 150 valence electrons. The highest BCUT2D eigenvalue weighted by Gasteiger charge is 2.39. The molecule has 2 aliphatic heterocycles. The molecule has 2 saturated heterocycles. The first-order valence-electron chi connectivity index (χ1n) is 9.70. The van der Waals surface area contributed by atoms with Crippen LogP contribution in [0.1, 0.15) is 45.4 Å². The van der Waals surface area contributed by atoms with Crippen molar-refractivity contribution in [3.05, 3.63) is 11.6 Å². The van der Waals surface area contributed by atoms with Gasteiger partial charge in [0, 0.05) is 17.4 Å². The van der Waals surface area contributed by atoms with E-state index in [1.807, 2.05) is 0 Å². The number of allylic oxidation sites excluding steroid dienone is 2. The van der Waals surface area contributed by atoms with Gasteiger partial charge < -0.3 is 18.9 Å². The summed E-state index contributed by atoms with van der Waals surface area (Å²) in [4.78, 5) is 0. The van der Waals surface area contributed by atoms with Gasteiger partial charge in [0.2, 0.25) is 0 Å². The van der Waals surface area contributed by atoms with E-state index in [9.17, 15) is 13.2 Å². The molecule has 3 rings (SSSR count). The first-order chi connectivity index (χ1) is 12.5. The Labute approximate surface area is 153 Å². The molecule has 0 radical (unpaired) electrons. The molecular weight excluding hydrogens is 349 g/mol. The third-order valence-electron chi connectivity index (χ3n) is 5.49. The quantitative estimate of drug-likeness (QED) is 0.663. The van der Waals surface area contributed by atoms with Crippen molar-refractivity contribution in [1.82, 2.24) is 0 Å². The molecule has 1 atom stereocenters. The molecule has 2 fully saturated rings. The van der Waals surface area contributed by atoms with Gasteiger partial charge in [-0.05, 0) is 25.7 Å². The summed E-state index contributed by atoms with van der Waals surface area (Å²) in [5.41, 5.74) is -0.427. The molecule has 2 heterocycles. The lowest BCUT2D eigenvalue weighted by atomic mass is 9.88. The Hall–Kier alpha value is -0.630. The Morgan fingerprint density at radius 3 is 2.12 bits per heavy atom. The van der Waals surface area contributed by atoms with Crippen molar-refractivity contribution in [3.8, 4) is 0 Å². The summed E-state index contributed by atoms with van der Waals surface area (Å²) in [6, 6.07) is 0. The van der Waals surface area contributed by atoms with Crippen LogP contribution in [-0.4, -0.2) is 45.2 Å². The minimum absolute atomic E-state index is 0.0169. The second-order valence-corrected chi connectivity index (χ2v) is 7.60. The SMILES string of the molecule is CCCC[C@H]1CO[C@H]([C@H]2CO[C@H](C3CC=C(C(F)(F)F)CC3)OC2)OC1. The smallest absolute Gasteiger partial charge is 0.352 e.